The van der Waals surface area contributed by atoms with Crippen molar-refractivity contribution in [1.82, 2.24) is 5.32 Å². The van der Waals surface area contributed by atoms with E-state index in [4.69, 9.17) is 21.4 Å². The Morgan fingerprint density at radius 3 is 2.45 bits per heavy atom. The van der Waals surface area contributed by atoms with E-state index in [1.165, 1.54) is 7.11 Å². The van der Waals surface area contributed by atoms with Gasteiger partial charge in [-0.1, -0.05) is 23.7 Å². The number of benzene rings is 1. The highest BCUT2D eigenvalue weighted by Crippen LogP contribution is 2.48. The minimum absolute atomic E-state index is 0.0578. The van der Waals surface area contributed by atoms with Crippen LogP contribution in [0, 0.1) is 0 Å². The molecule has 6 heteroatoms. The number of hydrogen-bond acceptors (Lipinski definition) is 3. The van der Waals surface area contributed by atoms with Crippen LogP contribution in [-0.2, 0) is 19.7 Å². The fourth-order valence-electron chi connectivity index (χ4n) is 2.18. The molecule has 1 saturated carbocycles. The molecule has 108 valence electrons. The lowest BCUT2D eigenvalue weighted by Crippen LogP contribution is -2.47. The average molecular weight is 298 g/mol. The number of carbonyl (C=O) groups excluding carboxylic acids is 1. The minimum Gasteiger partial charge on any atom is -0.480 e. The van der Waals surface area contributed by atoms with Crippen LogP contribution in [0.15, 0.2) is 24.3 Å². The van der Waals surface area contributed by atoms with Gasteiger partial charge in [0, 0.05) is 12.1 Å². The SMILES string of the molecule is COCC(NC(=O)C1(c2ccc(Cl)cc2)CC1)C(=O)O. The zero-order valence-corrected chi connectivity index (χ0v) is 11.8. The number of carbonyl (C=O) groups is 2. The minimum atomic E-state index is -1.10. The first kappa shape index (κ1) is 14.8. The van der Waals surface area contributed by atoms with E-state index in [9.17, 15) is 9.59 Å². The Morgan fingerprint density at radius 2 is 2.00 bits per heavy atom. The first-order valence-corrected chi connectivity index (χ1v) is 6.66. The Kier molecular flexibility index (Phi) is 4.30. The van der Waals surface area contributed by atoms with Gasteiger partial charge in [0.1, 0.15) is 0 Å². The lowest BCUT2D eigenvalue weighted by atomic mass is 9.94. The van der Waals surface area contributed by atoms with E-state index in [0.717, 1.165) is 5.56 Å². The van der Waals surface area contributed by atoms with Crippen molar-refractivity contribution in [2.24, 2.45) is 0 Å². The molecule has 0 saturated heterocycles. The molecule has 1 aliphatic carbocycles. The van der Waals surface area contributed by atoms with Crippen molar-refractivity contribution < 1.29 is 19.4 Å². The Labute approximate surface area is 121 Å². The fourth-order valence-corrected chi connectivity index (χ4v) is 2.30. The van der Waals surface area contributed by atoms with E-state index in [1.54, 1.807) is 24.3 Å². The molecule has 0 bridgehead atoms. The molecule has 0 spiro atoms. The second-order valence-electron chi connectivity index (χ2n) is 4.91. The lowest BCUT2D eigenvalue weighted by Gasteiger charge is -2.19. The number of nitrogens with one attached hydrogen (secondary N) is 1. The molecule has 2 rings (SSSR count). The van der Waals surface area contributed by atoms with Crippen LogP contribution in [0.1, 0.15) is 18.4 Å². The first-order valence-electron chi connectivity index (χ1n) is 6.28. The molecule has 1 aliphatic rings. The van der Waals surface area contributed by atoms with Gasteiger partial charge in [-0.2, -0.15) is 0 Å². The normalized spacial score (nSPS) is 17.3. The molecule has 0 heterocycles. The van der Waals surface area contributed by atoms with Gasteiger partial charge >= 0.3 is 5.97 Å². The Bertz CT molecular complexity index is 510. The molecule has 2 N–H and O–H groups in total. The summed E-state index contributed by atoms with van der Waals surface area (Å²) in [7, 11) is 1.40. The summed E-state index contributed by atoms with van der Waals surface area (Å²) in [5, 5.41) is 12.2. The van der Waals surface area contributed by atoms with Gasteiger partial charge in [-0.3, -0.25) is 4.79 Å². The van der Waals surface area contributed by atoms with E-state index >= 15 is 0 Å². The molecular weight excluding hydrogens is 282 g/mol. The maximum atomic E-state index is 12.3. The van der Waals surface area contributed by atoms with Crippen molar-refractivity contribution in [2.75, 3.05) is 13.7 Å². The van der Waals surface area contributed by atoms with Crippen LogP contribution in [0.5, 0.6) is 0 Å². The van der Waals surface area contributed by atoms with Crippen molar-refractivity contribution in [1.29, 1.82) is 0 Å². The zero-order valence-electron chi connectivity index (χ0n) is 11.1. The summed E-state index contributed by atoms with van der Waals surface area (Å²) in [6.07, 6.45) is 1.42. The Morgan fingerprint density at radius 1 is 1.40 bits per heavy atom. The van der Waals surface area contributed by atoms with Crippen molar-refractivity contribution in [3.05, 3.63) is 34.9 Å². The Balaban J connectivity index is 2.12. The third-order valence-corrected chi connectivity index (χ3v) is 3.77. The molecule has 20 heavy (non-hydrogen) atoms. The van der Waals surface area contributed by atoms with Gasteiger partial charge in [-0.25, -0.2) is 4.79 Å². The van der Waals surface area contributed by atoms with Crippen molar-refractivity contribution >= 4 is 23.5 Å². The number of carboxylic acids is 1. The van der Waals surface area contributed by atoms with Crippen LogP contribution in [0.25, 0.3) is 0 Å². The molecule has 1 aromatic carbocycles. The summed E-state index contributed by atoms with van der Waals surface area (Å²) in [4.78, 5) is 23.4. The summed E-state index contributed by atoms with van der Waals surface area (Å²) in [6, 6.07) is 6.04. The molecule has 1 unspecified atom stereocenters. The number of methoxy groups -OCH3 is 1. The summed E-state index contributed by atoms with van der Waals surface area (Å²) in [5.74, 6) is -1.38. The van der Waals surface area contributed by atoms with E-state index in [2.05, 4.69) is 5.32 Å². The number of amides is 1. The third-order valence-electron chi connectivity index (χ3n) is 3.52. The van der Waals surface area contributed by atoms with Gasteiger partial charge in [0.15, 0.2) is 6.04 Å². The van der Waals surface area contributed by atoms with Gasteiger partial charge in [0.05, 0.1) is 12.0 Å². The highest BCUT2D eigenvalue weighted by Gasteiger charge is 2.51. The molecule has 0 radical (unpaired) electrons. The third kappa shape index (κ3) is 2.94. The van der Waals surface area contributed by atoms with E-state index in [0.29, 0.717) is 17.9 Å². The lowest BCUT2D eigenvalue weighted by molar-refractivity contribution is -0.143. The second kappa shape index (κ2) is 5.81. The molecular formula is C14H16ClNO4. The maximum Gasteiger partial charge on any atom is 0.328 e. The molecule has 1 fully saturated rings. The van der Waals surface area contributed by atoms with Gasteiger partial charge in [0.2, 0.25) is 5.91 Å². The molecule has 0 aromatic heterocycles. The average Bonchev–Trinajstić information content (AvgIpc) is 3.20. The van der Waals surface area contributed by atoms with Gasteiger partial charge < -0.3 is 15.2 Å². The summed E-state index contributed by atoms with van der Waals surface area (Å²) >= 11 is 5.83. The van der Waals surface area contributed by atoms with E-state index in [-0.39, 0.29) is 12.5 Å². The molecule has 1 aromatic rings. The molecule has 1 amide bonds. The van der Waals surface area contributed by atoms with Gasteiger partial charge in [0.25, 0.3) is 0 Å². The first-order chi connectivity index (χ1) is 9.49. The molecule has 1 atom stereocenters. The number of rotatable bonds is 6. The van der Waals surface area contributed by atoms with Gasteiger partial charge in [-0.15, -0.1) is 0 Å². The van der Waals surface area contributed by atoms with Crippen molar-refractivity contribution in [2.45, 2.75) is 24.3 Å². The van der Waals surface area contributed by atoms with Gasteiger partial charge in [-0.05, 0) is 30.5 Å². The zero-order chi connectivity index (χ0) is 14.8. The number of halogens is 1. The fraction of sp³-hybridized carbons (Fsp3) is 0.429. The largest absolute Gasteiger partial charge is 0.480 e. The number of aliphatic carboxylic acids is 1. The van der Waals surface area contributed by atoms with Crippen LogP contribution >= 0.6 is 11.6 Å². The molecule has 5 nitrogen and oxygen atoms in total. The predicted molar refractivity (Wildman–Crippen MR) is 73.8 cm³/mol. The van der Waals surface area contributed by atoms with Crippen LogP contribution in [0.4, 0.5) is 0 Å². The second-order valence-corrected chi connectivity index (χ2v) is 5.35. The standard InChI is InChI=1S/C14H16ClNO4/c1-20-8-11(12(17)18)16-13(19)14(6-7-14)9-2-4-10(15)5-3-9/h2-5,11H,6-8H2,1H3,(H,16,19)(H,17,18). The molecule has 0 aliphatic heterocycles. The highest BCUT2D eigenvalue weighted by atomic mass is 35.5. The van der Waals surface area contributed by atoms with Crippen LogP contribution in [-0.4, -0.2) is 36.7 Å². The van der Waals surface area contributed by atoms with Crippen LogP contribution in [0.2, 0.25) is 5.02 Å². The van der Waals surface area contributed by atoms with Crippen molar-refractivity contribution in [3.63, 3.8) is 0 Å². The quantitative estimate of drug-likeness (QED) is 0.836. The number of hydrogen-bond donors (Lipinski definition) is 2. The topological polar surface area (TPSA) is 75.6 Å². The summed E-state index contributed by atoms with van der Waals surface area (Å²) < 4.78 is 4.81. The summed E-state index contributed by atoms with van der Waals surface area (Å²) in [6.45, 7) is -0.0578. The number of ether oxygens (including phenoxy) is 1. The number of carboxylic acid groups (broad SMARTS) is 1. The predicted octanol–water partition coefficient (Wildman–Crippen LogP) is 1.59. The highest BCUT2D eigenvalue weighted by molar-refractivity contribution is 6.30. The Hall–Kier alpha value is -1.59. The monoisotopic (exact) mass is 297 g/mol. The maximum absolute atomic E-state index is 12.3. The summed E-state index contributed by atoms with van der Waals surface area (Å²) in [5.41, 5.74) is 0.243. The van der Waals surface area contributed by atoms with Crippen molar-refractivity contribution in [3.8, 4) is 0 Å². The smallest absolute Gasteiger partial charge is 0.328 e. The van der Waals surface area contributed by atoms with Crippen LogP contribution in [0.3, 0.4) is 0 Å². The van der Waals surface area contributed by atoms with E-state index < -0.39 is 17.4 Å². The van der Waals surface area contributed by atoms with Crippen LogP contribution < -0.4 is 5.32 Å². The van der Waals surface area contributed by atoms with E-state index in [1.807, 2.05) is 0 Å².